The largest absolute Gasteiger partial charge is 0.496 e. The summed E-state index contributed by atoms with van der Waals surface area (Å²) in [5.41, 5.74) is 2.14. The first-order valence-electron chi connectivity index (χ1n) is 6.39. The molecule has 0 atom stereocenters. The van der Waals surface area contributed by atoms with Gasteiger partial charge in [-0.05, 0) is 51.8 Å². The second-order valence-electron chi connectivity index (χ2n) is 4.29. The van der Waals surface area contributed by atoms with E-state index in [1.165, 1.54) is 0 Å². The lowest BCUT2D eigenvalue weighted by atomic mass is 10.2. The van der Waals surface area contributed by atoms with Gasteiger partial charge in [0.05, 0.1) is 11.6 Å². The maximum atomic E-state index is 8.45. The molecule has 5 heteroatoms. The third-order valence-corrected chi connectivity index (χ3v) is 3.49. The van der Waals surface area contributed by atoms with Crippen molar-refractivity contribution in [3.63, 3.8) is 0 Å². The minimum absolute atomic E-state index is 0.0669. The van der Waals surface area contributed by atoms with E-state index in [1.54, 1.807) is 7.11 Å². The van der Waals surface area contributed by atoms with Crippen molar-refractivity contribution < 1.29 is 9.47 Å². The van der Waals surface area contributed by atoms with Crippen LogP contribution < -0.4 is 14.8 Å². The monoisotopic (exact) mass is 346 g/mol. The van der Waals surface area contributed by atoms with Crippen molar-refractivity contribution in [3.05, 3.63) is 52.5 Å². The number of anilines is 1. The molecule has 2 aromatic rings. The van der Waals surface area contributed by atoms with Crippen molar-refractivity contribution in [3.8, 4) is 17.6 Å². The van der Waals surface area contributed by atoms with Crippen molar-refractivity contribution in [2.75, 3.05) is 19.0 Å². The standard InChI is InChI=1S/C16H15BrN2O2/c1-20-16-7-4-13(10-15(16)17)19-11-12-2-5-14(6-3-12)21-9-8-18/h2-7,10,19H,9,11H2,1H3. The number of ether oxygens (including phenoxy) is 2. The number of rotatable bonds is 6. The Kier molecular flexibility index (Phi) is 5.47. The topological polar surface area (TPSA) is 54.3 Å². The molecule has 0 amide bonds. The van der Waals surface area contributed by atoms with Crippen molar-refractivity contribution in [1.29, 1.82) is 5.26 Å². The summed E-state index contributed by atoms with van der Waals surface area (Å²) in [6.45, 7) is 0.773. The molecule has 2 aromatic carbocycles. The lowest BCUT2D eigenvalue weighted by Gasteiger charge is -2.10. The van der Waals surface area contributed by atoms with Crippen LogP contribution in [0.25, 0.3) is 0 Å². The Bertz CT molecular complexity index is 636. The maximum absolute atomic E-state index is 8.45. The summed E-state index contributed by atoms with van der Waals surface area (Å²) in [6.07, 6.45) is 0. The van der Waals surface area contributed by atoms with Crippen LogP contribution in [0.1, 0.15) is 5.56 Å². The van der Waals surface area contributed by atoms with Gasteiger partial charge in [-0.25, -0.2) is 0 Å². The first-order chi connectivity index (χ1) is 10.2. The molecule has 0 unspecified atom stereocenters. The van der Waals surface area contributed by atoms with Crippen LogP contribution in [0.3, 0.4) is 0 Å². The highest BCUT2D eigenvalue weighted by atomic mass is 79.9. The number of hydrogen-bond donors (Lipinski definition) is 1. The van der Waals surface area contributed by atoms with Crippen LogP contribution in [-0.2, 0) is 6.54 Å². The van der Waals surface area contributed by atoms with Gasteiger partial charge in [0, 0.05) is 12.2 Å². The molecule has 0 aliphatic carbocycles. The number of nitriles is 1. The molecular weight excluding hydrogens is 332 g/mol. The van der Waals surface area contributed by atoms with Gasteiger partial charge in [-0.3, -0.25) is 0 Å². The predicted molar refractivity (Wildman–Crippen MR) is 85.6 cm³/mol. The molecule has 0 aromatic heterocycles. The van der Waals surface area contributed by atoms with E-state index >= 15 is 0 Å². The molecule has 4 nitrogen and oxygen atoms in total. The lowest BCUT2D eigenvalue weighted by molar-refractivity contribution is 0.368. The van der Waals surface area contributed by atoms with Crippen LogP contribution in [0.5, 0.6) is 11.5 Å². The zero-order valence-electron chi connectivity index (χ0n) is 11.6. The van der Waals surface area contributed by atoms with Crippen LogP contribution in [-0.4, -0.2) is 13.7 Å². The van der Waals surface area contributed by atoms with Gasteiger partial charge < -0.3 is 14.8 Å². The van der Waals surface area contributed by atoms with Crippen molar-refractivity contribution in [2.45, 2.75) is 6.54 Å². The van der Waals surface area contributed by atoms with Gasteiger partial charge in [0.25, 0.3) is 0 Å². The minimum Gasteiger partial charge on any atom is -0.496 e. The van der Waals surface area contributed by atoms with Crippen LogP contribution in [0.15, 0.2) is 46.9 Å². The molecule has 0 aliphatic heterocycles. The smallest absolute Gasteiger partial charge is 0.174 e. The Morgan fingerprint density at radius 3 is 2.57 bits per heavy atom. The first-order valence-corrected chi connectivity index (χ1v) is 7.18. The molecule has 0 spiro atoms. The fourth-order valence-corrected chi connectivity index (χ4v) is 2.34. The van der Waals surface area contributed by atoms with E-state index in [2.05, 4.69) is 21.2 Å². The molecule has 0 fully saturated rings. The van der Waals surface area contributed by atoms with Gasteiger partial charge in [-0.1, -0.05) is 12.1 Å². The molecule has 0 aliphatic rings. The third kappa shape index (κ3) is 4.40. The predicted octanol–water partition coefficient (Wildman–Crippen LogP) is 3.97. The maximum Gasteiger partial charge on any atom is 0.174 e. The Morgan fingerprint density at radius 1 is 1.19 bits per heavy atom. The average Bonchev–Trinajstić information content (AvgIpc) is 2.52. The first kappa shape index (κ1) is 15.2. The third-order valence-electron chi connectivity index (χ3n) is 2.88. The zero-order valence-corrected chi connectivity index (χ0v) is 13.2. The molecule has 2 rings (SSSR count). The SMILES string of the molecule is COc1ccc(NCc2ccc(OCC#N)cc2)cc1Br. The Balaban J connectivity index is 1.93. The second kappa shape index (κ2) is 7.55. The Labute approximate surface area is 132 Å². The molecule has 108 valence electrons. The van der Waals surface area contributed by atoms with E-state index in [4.69, 9.17) is 14.7 Å². The Morgan fingerprint density at radius 2 is 1.95 bits per heavy atom. The summed E-state index contributed by atoms with van der Waals surface area (Å²) in [4.78, 5) is 0. The van der Waals surface area contributed by atoms with Gasteiger partial charge >= 0.3 is 0 Å². The Hall–Kier alpha value is -2.19. The van der Waals surface area contributed by atoms with Gasteiger partial charge in [-0.15, -0.1) is 0 Å². The summed E-state index contributed by atoms with van der Waals surface area (Å²) in [5, 5.41) is 11.8. The molecule has 1 N–H and O–H groups in total. The summed E-state index contributed by atoms with van der Waals surface area (Å²) in [7, 11) is 1.64. The van der Waals surface area contributed by atoms with E-state index < -0.39 is 0 Å². The van der Waals surface area contributed by atoms with E-state index in [9.17, 15) is 0 Å². The summed E-state index contributed by atoms with van der Waals surface area (Å²) in [6, 6.07) is 15.5. The van der Waals surface area contributed by atoms with Crippen molar-refractivity contribution in [2.24, 2.45) is 0 Å². The van der Waals surface area contributed by atoms with Crippen LogP contribution in [0.2, 0.25) is 0 Å². The highest BCUT2D eigenvalue weighted by Gasteiger charge is 2.01. The molecule has 0 saturated carbocycles. The molecule has 0 bridgehead atoms. The number of benzene rings is 2. The van der Waals surface area contributed by atoms with Crippen molar-refractivity contribution in [1.82, 2.24) is 0 Å². The highest BCUT2D eigenvalue weighted by Crippen LogP contribution is 2.27. The average molecular weight is 347 g/mol. The number of nitrogens with zero attached hydrogens (tertiary/aromatic N) is 1. The van der Waals surface area contributed by atoms with E-state index in [1.807, 2.05) is 48.5 Å². The number of halogens is 1. The quantitative estimate of drug-likeness (QED) is 0.859. The van der Waals surface area contributed by atoms with Gasteiger partial charge in [0.15, 0.2) is 6.61 Å². The van der Waals surface area contributed by atoms with Crippen LogP contribution in [0, 0.1) is 11.3 Å². The van der Waals surface area contributed by atoms with E-state index in [0.717, 1.165) is 21.5 Å². The van der Waals surface area contributed by atoms with Crippen LogP contribution in [0.4, 0.5) is 5.69 Å². The number of nitrogens with one attached hydrogen (secondary N) is 1. The number of hydrogen-bond acceptors (Lipinski definition) is 4. The summed E-state index contributed by atoms with van der Waals surface area (Å²) < 4.78 is 11.3. The molecule has 0 saturated heterocycles. The van der Waals surface area contributed by atoms with Crippen molar-refractivity contribution >= 4 is 21.6 Å². The molecular formula is C16H15BrN2O2. The second-order valence-corrected chi connectivity index (χ2v) is 5.15. The fourth-order valence-electron chi connectivity index (χ4n) is 1.80. The van der Waals surface area contributed by atoms with Gasteiger partial charge in [0.1, 0.15) is 17.6 Å². The van der Waals surface area contributed by atoms with Crippen LogP contribution >= 0.6 is 15.9 Å². The summed E-state index contributed by atoms with van der Waals surface area (Å²) in [5.74, 6) is 1.51. The highest BCUT2D eigenvalue weighted by molar-refractivity contribution is 9.10. The van der Waals surface area contributed by atoms with E-state index in [-0.39, 0.29) is 6.61 Å². The molecule has 0 heterocycles. The minimum atomic E-state index is 0.0669. The molecule has 21 heavy (non-hydrogen) atoms. The zero-order chi connectivity index (χ0) is 15.1. The van der Waals surface area contributed by atoms with E-state index in [0.29, 0.717) is 12.3 Å². The summed E-state index contributed by atoms with van der Waals surface area (Å²) >= 11 is 3.46. The van der Waals surface area contributed by atoms with Gasteiger partial charge in [-0.2, -0.15) is 5.26 Å². The normalized spacial score (nSPS) is 9.76. The lowest BCUT2D eigenvalue weighted by Crippen LogP contribution is -2.00. The molecule has 0 radical (unpaired) electrons. The van der Waals surface area contributed by atoms with Gasteiger partial charge in [0.2, 0.25) is 0 Å². The number of methoxy groups -OCH3 is 1. The fraction of sp³-hybridized carbons (Fsp3) is 0.188.